The maximum Gasteiger partial charge on any atom is 0.411 e. The Morgan fingerprint density at radius 3 is 2.46 bits per heavy atom. The number of benzene rings is 2. The van der Waals surface area contributed by atoms with Gasteiger partial charge in [0.2, 0.25) is 6.79 Å². The largest absolute Gasteiger partial charge is 0.454 e. The van der Waals surface area contributed by atoms with Gasteiger partial charge in [-0.25, -0.2) is 4.79 Å². The van der Waals surface area contributed by atoms with Gasteiger partial charge in [-0.2, -0.15) is 0 Å². The number of carbonyl (C=O) groups excluding carboxylic acids is 1. The molecule has 2 aromatic carbocycles. The van der Waals surface area contributed by atoms with Crippen molar-refractivity contribution in [2.45, 2.75) is 20.0 Å². The molecule has 0 aliphatic carbocycles. The average Bonchev–Trinajstić information content (AvgIpc) is 3.01. The molecule has 5 nitrogen and oxygen atoms in total. The Hall–Kier alpha value is -2.95. The van der Waals surface area contributed by atoms with Crippen molar-refractivity contribution in [3.8, 4) is 11.5 Å². The summed E-state index contributed by atoms with van der Waals surface area (Å²) in [4.78, 5) is 11.5. The Kier molecular flexibility index (Phi) is 4.70. The first kappa shape index (κ1) is 15.9. The van der Waals surface area contributed by atoms with Gasteiger partial charge in [0.25, 0.3) is 0 Å². The van der Waals surface area contributed by atoms with Crippen LogP contribution in [-0.4, -0.2) is 19.0 Å². The molecular formula is C19H19NO4. The number of ether oxygens (including phenoxy) is 3. The third-order valence-corrected chi connectivity index (χ3v) is 3.36. The summed E-state index contributed by atoms with van der Waals surface area (Å²) in [6.07, 6.45) is 3.40. The van der Waals surface area contributed by atoms with Crippen LogP contribution in [0.5, 0.6) is 11.5 Å². The van der Waals surface area contributed by atoms with Crippen molar-refractivity contribution in [3.63, 3.8) is 0 Å². The SMILES string of the molecule is CC(C)OC(=O)Nc1ccc(/C=C/c2ccc3c(c2)OCO3)cc1. The number of fused-ring (bicyclic) bond motifs is 1. The van der Waals surface area contributed by atoms with E-state index in [0.717, 1.165) is 22.6 Å². The summed E-state index contributed by atoms with van der Waals surface area (Å²) in [5.41, 5.74) is 2.75. The van der Waals surface area contributed by atoms with Crippen molar-refractivity contribution in [2.75, 3.05) is 12.1 Å². The van der Waals surface area contributed by atoms with Crippen LogP contribution < -0.4 is 14.8 Å². The highest BCUT2D eigenvalue weighted by molar-refractivity contribution is 5.85. The minimum Gasteiger partial charge on any atom is -0.454 e. The zero-order valence-corrected chi connectivity index (χ0v) is 13.6. The van der Waals surface area contributed by atoms with Crippen molar-refractivity contribution in [2.24, 2.45) is 0 Å². The summed E-state index contributed by atoms with van der Waals surface area (Å²) in [5, 5.41) is 2.69. The van der Waals surface area contributed by atoms with E-state index in [4.69, 9.17) is 14.2 Å². The number of hydrogen-bond donors (Lipinski definition) is 1. The van der Waals surface area contributed by atoms with E-state index in [1.165, 1.54) is 0 Å². The maximum absolute atomic E-state index is 11.5. The molecule has 0 atom stereocenters. The second kappa shape index (κ2) is 7.08. The molecule has 2 aromatic rings. The lowest BCUT2D eigenvalue weighted by Gasteiger charge is -2.09. The van der Waals surface area contributed by atoms with E-state index in [0.29, 0.717) is 5.69 Å². The van der Waals surface area contributed by atoms with Gasteiger partial charge in [0.05, 0.1) is 6.10 Å². The van der Waals surface area contributed by atoms with Crippen molar-refractivity contribution >= 4 is 23.9 Å². The first-order chi connectivity index (χ1) is 11.6. The lowest BCUT2D eigenvalue weighted by atomic mass is 10.1. The summed E-state index contributed by atoms with van der Waals surface area (Å²) < 4.78 is 15.7. The molecule has 3 rings (SSSR count). The quantitative estimate of drug-likeness (QED) is 0.838. The topological polar surface area (TPSA) is 56.8 Å². The molecule has 0 saturated heterocycles. The van der Waals surface area contributed by atoms with Gasteiger partial charge in [-0.15, -0.1) is 0 Å². The first-order valence-electron chi connectivity index (χ1n) is 7.75. The standard InChI is InChI=1S/C19H19NO4/c1-13(2)24-19(21)20-16-8-5-14(6-9-16)3-4-15-7-10-17-18(11-15)23-12-22-17/h3-11,13H,12H2,1-2H3,(H,20,21)/b4-3+. The number of amides is 1. The van der Waals surface area contributed by atoms with E-state index in [-0.39, 0.29) is 12.9 Å². The summed E-state index contributed by atoms with van der Waals surface area (Å²) in [7, 11) is 0. The lowest BCUT2D eigenvalue weighted by molar-refractivity contribution is 0.130. The zero-order valence-electron chi connectivity index (χ0n) is 13.6. The van der Waals surface area contributed by atoms with Crippen molar-refractivity contribution in [1.29, 1.82) is 0 Å². The van der Waals surface area contributed by atoms with E-state index < -0.39 is 6.09 Å². The molecule has 1 heterocycles. The number of hydrogen-bond acceptors (Lipinski definition) is 4. The van der Waals surface area contributed by atoms with Gasteiger partial charge in [-0.05, 0) is 49.2 Å². The molecule has 0 unspecified atom stereocenters. The van der Waals surface area contributed by atoms with E-state index in [9.17, 15) is 4.79 Å². The summed E-state index contributed by atoms with van der Waals surface area (Å²) >= 11 is 0. The minimum atomic E-state index is -0.450. The fourth-order valence-electron chi connectivity index (χ4n) is 2.25. The Labute approximate surface area is 140 Å². The predicted molar refractivity (Wildman–Crippen MR) is 93.2 cm³/mol. The second-order valence-corrected chi connectivity index (χ2v) is 5.65. The van der Waals surface area contributed by atoms with Crippen LogP contribution in [0.1, 0.15) is 25.0 Å². The van der Waals surface area contributed by atoms with Gasteiger partial charge < -0.3 is 14.2 Å². The summed E-state index contributed by atoms with van der Waals surface area (Å²) in [5.74, 6) is 1.54. The number of rotatable bonds is 4. The third-order valence-electron chi connectivity index (χ3n) is 3.36. The molecule has 0 aromatic heterocycles. The average molecular weight is 325 g/mol. The van der Waals surface area contributed by atoms with E-state index in [1.54, 1.807) is 0 Å². The molecule has 124 valence electrons. The van der Waals surface area contributed by atoms with Gasteiger partial charge >= 0.3 is 6.09 Å². The Balaban J connectivity index is 1.62. The van der Waals surface area contributed by atoms with E-state index in [1.807, 2.05) is 68.5 Å². The van der Waals surface area contributed by atoms with Gasteiger partial charge in [-0.3, -0.25) is 5.32 Å². The second-order valence-electron chi connectivity index (χ2n) is 5.65. The molecular weight excluding hydrogens is 306 g/mol. The highest BCUT2D eigenvalue weighted by atomic mass is 16.7. The monoisotopic (exact) mass is 325 g/mol. The van der Waals surface area contributed by atoms with Crippen LogP contribution in [0.3, 0.4) is 0 Å². The van der Waals surface area contributed by atoms with Crippen molar-refractivity contribution < 1.29 is 19.0 Å². The predicted octanol–water partition coefficient (Wildman–Crippen LogP) is 4.54. The fraction of sp³-hybridized carbons (Fsp3) is 0.211. The third kappa shape index (κ3) is 4.07. The molecule has 1 aliphatic rings. The Bertz CT molecular complexity index is 750. The molecule has 0 bridgehead atoms. The van der Waals surface area contributed by atoms with Crippen LogP contribution in [0, 0.1) is 0 Å². The summed E-state index contributed by atoms with van der Waals surface area (Å²) in [6, 6.07) is 13.3. The Morgan fingerprint density at radius 2 is 1.71 bits per heavy atom. The normalized spacial score (nSPS) is 12.6. The smallest absolute Gasteiger partial charge is 0.411 e. The molecule has 0 saturated carbocycles. The number of nitrogens with one attached hydrogen (secondary N) is 1. The number of carbonyl (C=O) groups is 1. The van der Waals surface area contributed by atoms with Crippen molar-refractivity contribution in [1.82, 2.24) is 0 Å². The molecule has 0 fully saturated rings. The van der Waals surface area contributed by atoms with Crippen LogP contribution >= 0.6 is 0 Å². The molecule has 0 radical (unpaired) electrons. The summed E-state index contributed by atoms with van der Waals surface area (Å²) in [6.45, 7) is 3.89. The molecule has 0 spiro atoms. The molecule has 1 N–H and O–H groups in total. The Morgan fingerprint density at radius 1 is 1.04 bits per heavy atom. The lowest BCUT2D eigenvalue weighted by Crippen LogP contribution is -2.17. The molecule has 1 amide bonds. The van der Waals surface area contributed by atoms with Crippen LogP contribution in [-0.2, 0) is 4.74 Å². The zero-order chi connectivity index (χ0) is 16.9. The fourth-order valence-corrected chi connectivity index (χ4v) is 2.25. The molecule has 5 heteroatoms. The van der Waals surface area contributed by atoms with Gasteiger partial charge in [0, 0.05) is 5.69 Å². The molecule has 24 heavy (non-hydrogen) atoms. The highest BCUT2D eigenvalue weighted by Gasteiger charge is 2.12. The molecule has 1 aliphatic heterocycles. The minimum absolute atomic E-state index is 0.145. The van der Waals surface area contributed by atoms with Crippen LogP contribution in [0.15, 0.2) is 42.5 Å². The van der Waals surface area contributed by atoms with Crippen LogP contribution in [0.25, 0.3) is 12.2 Å². The maximum atomic E-state index is 11.5. The van der Waals surface area contributed by atoms with Gasteiger partial charge in [0.1, 0.15) is 0 Å². The van der Waals surface area contributed by atoms with Gasteiger partial charge in [0.15, 0.2) is 11.5 Å². The van der Waals surface area contributed by atoms with Crippen molar-refractivity contribution in [3.05, 3.63) is 53.6 Å². The van der Waals surface area contributed by atoms with Crippen LogP contribution in [0.4, 0.5) is 10.5 Å². The number of anilines is 1. The van der Waals surface area contributed by atoms with E-state index >= 15 is 0 Å². The van der Waals surface area contributed by atoms with E-state index in [2.05, 4.69) is 5.32 Å². The first-order valence-corrected chi connectivity index (χ1v) is 7.75. The highest BCUT2D eigenvalue weighted by Crippen LogP contribution is 2.32. The van der Waals surface area contributed by atoms with Gasteiger partial charge in [-0.1, -0.05) is 30.4 Å². The van der Waals surface area contributed by atoms with Crippen LogP contribution in [0.2, 0.25) is 0 Å².